The molecule has 0 aromatic heterocycles. The molecule has 1 aromatic rings. The molecule has 1 aromatic carbocycles. The molecule has 1 atom stereocenters. The maximum atomic E-state index is 11.4. The van der Waals surface area contributed by atoms with Crippen LogP contribution in [0.15, 0.2) is 24.3 Å². The van der Waals surface area contributed by atoms with E-state index in [4.69, 9.17) is 4.74 Å². The molecule has 94 valence electrons. The van der Waals surface area contributed by atoms with Gasteiger partial charge in [-0.05, 0) is 31.4 Å². The fraction of sp³-hybridized carbons (Fsp3) is 0.500. The lowest BCUT2D eigenvalue weighted by Crippen LogP contribution is -2.34. The summed E-state index contributed by atoms with van der Waals surface area (Å²) in [6.45, 7) is 6.88. The van der Waals surface area contributed by atoms with Gasteiger partial charge >= 0.3 is 5.97 Å². The van der Waals surface area contributed by atoms with Gasteiger partial charge in [0.15, 0.2) is 0 Å². The van der Waals surface area contributed by atoms with Gasteiger partial charge in [-0.25, -0.2) is 0 Å². The van der Waals surface area contributed by atoms with Gasteiger partial charge in [-0.1, -0.05) is 31.2 Å². The zero-order valence-electron chi connectivity index (χ0n) is 10.8. The van der Waals surface area contributed by atoms with Crippen molar-refractivity contribution in [3.8, 4) is 0 Å². The Morgan fingerprint density at radius 1 is 1.24 bits per heavy atom. The van der Waals surface area contributed by atoms with E-state index in [0.717, 1.165) is 6.42 Å². The summed E-state index contributed by atoms with van der Waals surface area (Å²) in [4.78, 5) is 11.4. The molecule has 0 saturated carbocycles. The fourth-order valence-corrected chi connectivity index (χ4v) is 1.51. The van der Waals surface area contributed by atoms with Crippen LogP contribution in [0.1, 0.15) is 31.9 Å². The van der Waals surface area contributed by atoms with Crippen LogP contribution in [0.2, 0.25) is 0 Å². The molecule has 0 fully saturated rings. The Morgan fingerprint density at radius 2 is 1.82 bits per heavy atom. The first-order valence-corrected chi connectivity index (χ1v) is 6.15. The highest BCUT2D eigenvalue weighted by molar-refractivity contribution is 5.75. The predicted octanol–water partition coefficient (Wildman–Crippen LogP) is 2.29. The van der Waals surface area contributed by atoms with Crippen LogP contribution in [-0.2, 0) is 22.5 Å². The summed E-state index contributed by atoms with van der Waals surface area (Å²) in [5.74, 6) is -0.197. The van der Waals surface area contributed by atoms with Crippen LogP contribution >= 0.6 is 0 Å². The molecule has 0 saturated heterocycles. The molecule has 3 heteroatoms. The molecular weight excluding hydrogens is 214 g/mol. The third-order valence-electron chi connectivity index (χ3n) is 2.68. The second-order valence-corrected chi connectivity index (χ2v) is 4.02. The Labute approximate surface area is 103 Å². The Balaban J connectivity index is 2.41. The molecule has 0 aliphatic rings. The minimum Gasteiger partial charge on any atom is -0.465 e. The molecule has 3 nitrogen and oxygen atoms in total. The first kappa shape index (κ1) is 13.7. The molecule has 1 N–H and O–H groups in total. The number of nitrogens with one attached hydrogen (secondary N) is 1. The number of esters is 1. The normalized spacial score (nSPS) is 12.2. The Bertz CT molecular complexity index is 346. The maximum Gasteiger partial charge on any atom is 0.322 e. The van der Waals surface area contributed by atoms with Crippen molar-refractivity contribution in [2.75, 3.05) is 6.61 Å². The highest BCUT2D eigenvalue weighted by Gasteiger charge is 2.12. The zero-order valence-corrected chi connectivity index (χ0v) is 10.8. The summed E-state index contributed by atoms with van der Waals surface area (Å²) in [6.07, 6.45) is 1.05. The summed E-state index contributed by atoms with van der Waals surface area (Å²) >= 11 is 0. The van der Waals surface area contributed by atoms with E-state index < -0.39 is 0 Å². The number of ether oxygens (including phenoxy) is 1. The van der Waals surface area contributed by atoms with Crippen molar-refractivity contribution in [3.05, 3.63) is 35.4 Å². The number of hydrogen-bond acceptors (Lipinski definition) is 3. The topological polar surface area (TPSA) is 38.3 Å². The lowest BCUT2D eigenvalue weighted by Gasteiger charge is -2.12. The number of aryl methyl sites for hydroxylation is 1. The highest BCUT2D eigenvalue weighted by atomic mass is 16.5. The minimum atomic E-state index is -0.263. The maximum absolute atomic E-state index is 11.4. The highest BCUT2D eigenvalue weighted by Crippen LogP contribution is 2.05. The number of hydrogen-bond donors (Lipinski definition) is 1. The molecule has 1 rings (SSSR count). The van der Waals surface area contributed by atoms with E-state index in [9.17, 15) is 4.79 Å². The fourth-order valence-electron chi connectivity index (χ4n) is 1.51. The van der Waals surface area contributed by atoms with Gasteiger partial charge < -0.3 is 10.1 Å². The monoisotopic (exact) mass is 235 g/mol. The smallest absolute Gasteiger partial charge is 0.322 e. The van der Waals surface area contributed by atoms with Crippen LogP contribution < -0.4 is 5.32 Å². The van der Waals surface area contributed by atoms with Crippen molar-refractivity contribution < 1.29 is 9.53 Å². The lowest BCUT2D eigenvalue weighted by atomic mass is 10.1. The van der Waals surface area contributed by atoms with Gasteiger partial charge in [0, 0.05) is 6.54 Å². The van der Waals surface area contributed by atoms with Crippen molar-refractivity contribution in [1.82, 2.24) is 5.32 Å². The Hall–Kier alpha value is -1.35. The van der Waals surface area contributed by atoms with Gasteiger partial charge in [-0.15, -0.1) is 0 Å². The molecule has 0 aliphatic heterocycles. The van der Waals surface area contributed by atoms with E-state index in [-0.39, 0.29) is 12.0 Å². The quantitative estimate of drug-likeness (QED) is 0.769. The molecule has 0 radical (unpaired) electrons. The van der Waals surface area contributed by atoms with Crippen LogP contribution in [0, 0.1) is 0 Å². The molecular formula is C14H21NO2. The van der Waals surface area contributed by atoms with E-state index in [1.165, 1.54) is 11.1 Å². The van der Waals surface area contributed by atoms with Crippen molar-refractivity contribution in [2.24, 2.45) is 0 Å². The molecule has 0 amide bonds. The van der Waals surface area contributed by atoms with Crippen LogP contribution in [0.3, 0.4) is 0 Å². The van der Waals surface area contributed by atoms with Crippen LogP contribution in [0.25, 0.3) is 0 Å². The average molecular weight is 235 g/mol. The van der Waals surface area contributed by atoms with Gasteiger partial charge in [0.05, 0.1) is 6.61 Å². The SMILES string of the molecule is CCOC(=O)C(C)NCc1ccc(CC)cc1. The van der Waals surface area contributed by atoms with Gasteiger partial charge in [-0.2, -0.15) is 0 Å². The number of benzene rings is 1. The Kier molecular flexibility index (Phi) is 5.70. The van der Waals surface area contributed by atoms with Gasteiger partial charge in [-0.3, -0.25) is 4.79 Å². The molecule has 1 unspecified atom stereocenters. The predicted molar refractivity (Wildman–Crippen MR) is 68.8 cm³/mol. The second kappa shape index (κ2) is 7.07. The van der Waals surface area contributed by atoms with E-state index >= 15 is 0 Å². The summed E-state index contributed by atoms with van der Waals surface area (Å²) in [5, 5.41) is 3.15. The first-order valence-electron chi connectivity index (χ1n) is 6.15. The Morgan fingerprint density at radius 3 is 2.35 bits per heavy atom. The van der Waals surface area contributed by atoms with Crippen molar-refractivity contribution in [3.63, 3.8) is 0 Å². The third-order valence-corrected chi connectivity index (χ3v) is 2.68. The zero-order chi connectivity index (χ0) is 12.7. The lowest BCUT2D eigenvalue weighted by molar-refractivity contribution is -0.145. The first-order chi connectivity index (χ1) is 8.17. The van der Waals surface area contributed by atoms with E-state index in [2.05, 4.69) is 36.5 Å². The van der Waals surface area contributed by atoms with Gasteiger partial charge in [0.25, 0.3) is 0 Å². The van der Waals surface area contributed by atoms with Crippen molar-refractivity contribution >= 4 is 5.97 Å². The number of carbonyl (C=O) groups excluding carboxylic acids is 1. The largest absolute Gasteiger partial charge is 0.465 e. The van der Waals surface area contributed by atoms with E-state index in [0.29, 0.717) is 13.2 Å². The van der Waals surface area contributed by atoms with E-state index in [1.54, 1.807) is 0 Å². The summed E-state index contributed by atoms with van der Waals surface area (Å²) < 4.78 is 4.93. The molecule has 0 bridgehead atoms. The van der Waals surface area contributed by atoms with E-state index in [1.807, 2.05) is 13.8 Å². The number of carbonyl (C=O) groups is 1. The number of rotatable bonds is 6. The van der Waals surface area contributed by atoms with Crippen LogP contribution in [-0.4, -0.2) is 18.6 Å². The minimum absolute atomic E-state index is 0.197. The van der Waals surface area contributed by atoms with Gasteiger partial charge in [0.2, 0.25) is 0 Å². The molecule has 0 aliphatic carbocycles. The second-order valence-electron chi connectivity index (χ2n) is 4.02. The summed E-state index contributed by atoms with van der Waals surface area (Å²) in [6, 6.07) is 8.15. The van der Waals surface area contributed by atoms with Crippen LogP contribution in [0.5, 0.6) is 0 Å². The average Bonchev–Trinajstić information content (AvgIpc) is 2.36. The molecule has 17 heavy (non-hydrogen) atoms. The standard InChI is InChI=1S/C14H21NO2/c1-4-12-6-8-13(9-7-12)10-15-11(3)14(16)17-5-2/h6-9,11,15H,4-5,10H2,1-3H3. The molecule has 0 spiro atoms. The van der Waals surface area contributed by atoms with Crippen molar-refractivity contribution in [1.29, 1.82) is 0 Å². The van der Waals surface area contributed by atoms with Gasteiger partial charge in [0.1, 0.15) is 6.04 Å². The summed E-state index contributed by atoms with van der Waals surface area (Å²) in [5.41, 5.74) is 2.51. The van der Waals surface area contributed by atoms with Crippen LogP contribution in [0.4, 0.5) is 0 Å². The summed E-state index contributed by atoms with van der Waals surface area (Å²) in [7, 11) is 0. The van der Waals surface area contributed by atoms with Crippen molar-refractivity contribution in [2.45, 2.75) is 39.8 Å². The molecule has 0 heterocycles. The third kappa shape index (κ3) is 4.57.